The largest absolute Gasteiger partial charge is 0.325 e. The van der Waals surface area contributed by atoms with E-state index in [1.807, 2.05) is 6.07 Å². The van der Waals surface area contributed by atoms with Gasteiger partial charge in [-0.25, -0.2) is 9.37 Å². The molecule has 1 aromatic heterocycles. The second-order valence-corrected chi connectivity index (χ2v) is 6.57. The number of benzene rings is 2. The Hall–Kier alpha value is -3.06. The second-order valence-electron chi connectivity index (χ2n) is 6.57. The summed E-state index contributed by atoms with van der Waals surface area (Å²) in [5, 5.41) is 3.23. The van der Waals surface area contributed by atoms with E-state index in [-0.39, 0.29) is 23.8 Å². The molecule has 2 aromatic carbocycles. The van der Waals surface area contributed by atoms with E-state index >= 15 is 0 Å². The Kier molecular flexibility index (Phi) is 5.32. The van der Waals surface area contributed by atoms with Crippen LogP contribution in [0.4, 0.5) is 10.1 Å². The lowest BCUT2D eigenvalue weighted by atomic mass is 10.2. The maximum atomic E-state index is 13.6. The molecule has 1 heterocycles. The van der Waals surface area contributed by atoms with Gasteiger partial charge in [0.2, 0.25) is 5.91 Å². The van der Waals surface area contributed by atoms with Crippen molar-refractivity contribution in [3.05, 3.63) is 70.0 Å². The van der Waals surface area contributed by atoms with Crippen molar-refractivity contribution in [3.8, 4) is 0 Å². The molecule has 0 radical (unpaired) electrons. The van der Waals surface area contributed by atoms with Crippen LogP contribution >= 0.6 is 0 Å². The predicted molar refractivity (Wildman–Crippen MR) is 103 cm³/mol. The van der Waals surface area contributed by atoms with Crippen LogP contribution in [0.15, 0.2) is 47.3 Å². The van der Waals surface area contributed by atoms with Crippen molar-refractivity contribution in [2.75, 3.05) is 12.4 Å². The number of nitrogens with zero attached hydrogens (tertiary/aromatic N) is 2. The maximum Gasteiger partial charge on any atom is 0.258 e. The summed E-state index contributed by atoms with van der Waals surface area (Å²) < 4.78 is 13.6. The van der Waals surface area contributed by atoms with E-state index in [0.29, 0.717) is 28.0 Å². The third-order valence-electron chi connectivity index (χ3n) is 4.54. The molecule has 1 amide bonds. The smallest absolute Gasteiger partial charge is 0.258 e. The Balaban J connectivity index is 1.71. The fourth-order valence-corrected chi connectivity index (χ4v) is 2.70. The Labute approximate surface area is 156 Å². The summed E-state index contributed by atoms with van der Waals surface area (Å²) in [6.07, 6.45) is 0. The van der Waals surface area contributed by atoms with Crippen molar-refractivity contribution in [2.45, 2.75) is 26.4 Å². The number of H-pyrrole nitrogens is 1. The van der Waals surface area contributed by atoms with Crippen LogP contribution in [0.25, 0.3) is 10.9 Å². The quantitative estimate of drug-likeness (QED) is 0.726. The normalized spacial score (nSPS) is 12.3. The molecular weight excluding hydrogens is 347 g/mol. The lowest BCUT2D eigenvalue weighted by Crippen LogP contribution is -2.39. The maximum absolute atomic E-state index is 13.6. The first kappa shape index (κ1) is 18.7. The van der Waals surface area contributed by atoms with Gasteiger partial charge in [0, 0.05) is 5.69 Å². The molecule has 2 N–H and O–H groups in total. The van der Waals surface area contributed by atoms with Gasteiger partial charge in [0.1, 0.15) is 11.6 Å². The van der Waals surface area contributed by atoms with Gasteiger partial charge in [-0.2, -0.15) is 0 Å². The van der Waals surface area contributed by atoms with Gasteiger partial charge in [-0.3, -0.25) is 14.5 Å². The van der Waals surface area contributed by atoms with Crippen molar-refractivity contribution in [3.63, 3.8) is 0 Å². The summed E-state index contributed by atoms with van der Waals surface area (Å²) in [4.78, 5) is 33.6. The minimum Gasteiger partial charge on any atom is -0.325 e. The fraction of sp³-hybridized carbons (Fsp3) is 0.250. The molecule has 1 atom stereocenters. The first-order valence-corrected chi connectivity index (χ1v) is 8.60. The highest BCUT2D eigenvalue weighted by molar-refractivity contribution is 5.94. The minimum absolute atomic E-state index is 0.212. The molecular formula is C20H21FN4O2. The molecule has 0 aliphatic carbocycles. The van der Waals surface area contributed by atoms with Crippen LogP contribution in [0.3, 0.4) is 0 Å². The molecule has 1 unspecified atom stereocenters. The van der Waals surface area contributed by atoms with Crippen molar-refractivity contribution < 1.29 is 9.18 Å². The number of carbonyl (C=O) groups excluding carboxylic acids is 1. The highest BCUT2D eigenvalue weighted by Gasteiger charge is 2.19. The number of fused-ring (bicyclic) bond motifs is 1. The zero-order valence-electron chi connectivity index (χ0n) is 15.4. The third-order valence-corrected chi connectivity index (χ3v) is 4.54. The molecule has 0 saturated heterocycles. The highest BCUT2D eigenvalue weighted by Crippen LogP contribution is 2.15. The van der Waals surface area contributed by atoms with Gasteiger partial charge in [0.05, 0.1) is 23.5 Å². The van der Waals surface area contributed by atoms with Gasteiger partial charge in [0.15, 0.2) is 0 Å². The Morgan fingerprint density at radius 1 is 1.30 bits per heavy atom. The van der Waals surface area contributed by atoms with E-state index in [1.54, 1.807) is 56.1 Å². The number of para-hydroxylation sites is 1. The van der Waals surface area contributed by atoms with Crippen LogP contribution in [-0.4, -0.2) is 33.9 Å². The van der Waals surface area contributed by atoms with Crippen molar-refractivity contribution in [2.24, 2.45) is 0 Å². The van der Waals surface area contributed by atoms with Gasteiger partial charge in [-0.05, 0) is 50.7 Å². The second kappa shape index (κ2) is 7.67. The first-order chi connectivity index (χ1) is 12.8. The van der Waals surface area contributed by atoms with E-state index in [4.69, 9.17) is 0 Å². The minimum atomic E-state index is -0.508. The predicted octanol–water partition coefficient (Wildman–Crippen LogP) is 2.83. The van der Waals surface area contributed by atoms with E-state index in [1.165, 1.54) is 6.07 Å². The summed E-state index contributed by atoms with van der Waals surface area (Å²) in [6.45, 7) is 3.69. The molecule has 3 aromatic rings. The van der Waals surface area contributed by atoms with Crippen LogP contribution in [-0.2, 0) is 11.3 Å². The molecule has 0 aliphatic heterocycles. The Bertz CT molecular complexity index is 1050. The number of amides is 1. The first-order valence-electron chi connectivity index (χ1n) is 8.60. The molecule has 0 bridgehead atoms. The number of likely N-dealkylation sites (N-methyl/N-ethyl adjacent to an activating group) is 1. The topological polar surface area (TPSA) is 78.1 Å². The van der Waals surface area contributed by atoms with E-state index in [0.717, 1.165) is 0 Å². The average Bonchev–Trinajstić information content (AvgIpc) is 2.64. The summed E-state index contributed by atoms with van der Waals surface area (Å²) in [5.74, 6) is -0.169. The number of halogens is 1. The molecule has 27 heavy (non-hydrogen) atoms. The third kappa shape index (κ3) is 4.20. The van der Waals surface area contributed by atoms with E-state index < -0.39 is 6.04 Å². The molecule has 0 spiro atoms. The Morgan fingerprint density at radius 2 is 2.04 bits per heavy atom. The fourth-order valence-electron chi connectivity index (χ4n) is 2.70. The zero-order chi connectivity index (χ0) is 19.6. The van der Waals surface area contributed by atoms with Crippen molar-refractivity contribution in [1.82, 2.24) is 14.9 Å². The standard InChI is InChI=1S/C20H21FN4O2/c1-12-8-9-14(10-16(12)21)22-19(26)13(2)25(3)11-18-23-17-7-5-4-6-15(17)20(27)24-18/h4-10,13H,11H2,1-3H3,(H,22,26)(H,23,24,27). The number of nitrogens with one attached hydrogen (secondary N) is 2. The monoisotopic (exact) mass is 368 g/mol. The number of carbonyl (C=O) groups is 1. The average molecular weight is 368 g/mol. The summed E-state index contributed by atoms with van der Waals surface area (Å²) in [7, 11) is 1.76. The van der Waals surface area contributed by atoms with E-state index in [2.05, 4.69) is 15.3 Å². The van der Waals surface area contributed by atoms with Crippen molar-refractivity contribution >= 4 is 22.5 Å². The molecule has 7 heteroatoms. The number of aromatic amines is 1. The van der Waals surface area contributed by atoms with Crippen LogP contribution < -0.4 is 10.9 Å². The van der Waals surface area contributed by atoms with Gasteiger partial charge >= 0.3 is 0 Å². The number of rotatable bonds is 5. The molecule has 0 fully saturated rings. The summed E-state index contributed by atoms with van der Waals surface area (Å²) in [5.41, 5.74) is 1.32. The van der Waals surface area contributed by atoms with Crippen LogP contribution in [0.1, 0.15) is 18.3 Å². The van der Waals surface area contributed by atoms with Crippen LogP contribution in [0.5, 0.6) is 0 Å². The summed E-state index contributed by atoms with van der Waals surface area (Å²) in [6, 6.07) is 11.1. The number of hydrogen-bond donors (Lipinski definition) is 2. The van der Waals surface area contributed by atoms with Gasteiger partial charge in [-0.15, -0.1) is 0 Å². The zero-order valence-corrected chi connectivity index (χ0v) is 15.4. The van der Waals surface area contributed by atoms with Crippen LogP contribution in [0, 0.1) is 12.7 Å². The molecule has 140 valence electrons. The SMILES string of the molecule is Cc1ccc(NC(=O)C(C)N(C)Cc2nc3ccccc3c(=O)[nH]2)cc1F. The number of hydrogen-bond acceptors (Lipinski definition) is 4. The molecule has 3 rings (SSSR count). The Morgan fingerprint density at radius 3 is 2.78 bits per heavy atom. The van der Waals surface area contributed by atoms with Crippen molar-refractivity contribution in [1.29, 1.82) is 0 Å². The van der Waals surface area contributed by atoms with Gasteiger partial charge in [0.25, 0.3) is 5.56 Å². The molecule has 0 aliphatic rings. The van der Waals surface area contributed by atoms with E-state index in [9.17, 15) is 14.0 Å². The summed E-state index contributed by atoms with van der Waals surface area (Å²) >= 11 is 0. The number of anilines is 1. The van der Waals surface area contributed by atoms with Crippen LogP contribution in [0.2, 0.25) is 0 Å². The molecule has 6 nitrogen and oxygen atoms in total. The highest BCUT2D eigenvalue weighted by atomic mass is 19.1. The van der Waals surface area contributed by atoms with Gasteiger partial charge in [-0.1, -0.05) is 18.2 Å². The lowest BCUT2D eigenvalue weighted by molar-refractivity contribution is -0.120. The molecule has 0 saturated carbocycles. The lowest BCUT2D eigenvalue weighted by Gasteiger charge is -2.23. The van der Waals surface area contributed by atoms with Gasteiger partial charge < -0.3 is 10.3 Å². The number of aryl methyl sites for hydroxylation is 1. The number of aromatic nitrogens is 2.